The number of hydrogen-bond acceptors (Lipinski definition) is 5. The normalized spacial score (nSPS) is 10.7. The summed E-state index contributed by atoms with van der Waals surface area (Å²) in [5, 5.41) is 9.31. The van der Waals surface area contributed by atoms with Crippen LogP contribution in [-0.4, -0.2) is 39.7 Å². The van der Waals surface area contributed by atoms with Crippen LogP contribution in [0.3, 0.4) is 0 Å². The summed E-state index contributed by atoms with van der Waals surface area (Å²) in [7, 11) is 3.50. The average Bonchev–Trinajstić information content (AvgIpc) is 3.29. The Balaban J connectivity index is 1.79. The molecule has 0 radical (unpaired) electrons. The molecule has 0 unspecified atom stereocenters. The smallest absolute Gasteiger partial charge is 0.253 e. The van der Waals surface area contributed by atoms with Gasteiger partial charge in [0.05, 0.1) is 6.26 Å². The Hall–Kier alpha value is -2.80. The number of thioether (sulfide) groups is 1. The number of benzene rings is 1. The van der Waals surface area contributed by atoms with Gasteiger partial charge >= 0.3 is 0 Å². The van der Waals surface area contributed by atoms with Crippen molar-refractivity contribution in [3.63, 3.8) is 0 Å². The number of aromatic nitrogens is 3. The second kappa shape index (κ2) is 8.05. The van der Waals surface area contributed by atoms with Gasteiger partial charge in [0.25, 0.3) is 5.91 Å². The molecule has 26 heavy (non-hydrogen) atoms. The molecular formula is C19H20N4O2S. The first-order valence-electron chi connectivity index (χ1n) is 8.11. The quantitative estimate of drug-likeness (QED) is 0.470. The van der Waals surface area contributed by atoms with Crippen LogP contribution < -0.4 is 0 Å². The van der Waals surface area contributed by atoms with Gasteiger partial charge in [-0.2, -0.15) is 0 Å². The van der Waals surface area contributed by atoms with Crippen LogP contribution in [0.15, 0.2) is 64.9 Å². The number of allylic oxidation sites excluding steroid dienone is 1. The first kappa shape index (κ1) is 18.0. The van der Waals surface area contributed by atoms with Gasteiger partial charge in [0.1, 0.15) is 0 Å². The Morgan fingerprint density at radius 2 is 2.15 bits per heavy atom. The SMILES string of the molecule is C=CCn1c(SCc2cccc(C(=O)N(C)C)c2)nnc1-c1ccco1. The molecule has 0 N–H and O–H groups in total. The fourth-order valence-corrected chi connectivity index (χ4v) is 3.37. The molecule has 0 saturated heterocycles. The lowest BCUT2D eigenvalue weighted by atomic mass is 10.1. The van der Waals surface area contributed by atoms with Gasteiger partial charge in [0, 0.05) is 32.0 Å². The third-order valence-electron chi connectivity index (χ3n) is 3.72. The van der Waals surface area contributed by atoms with Crippen molar-refractivity contribution in [2.75, 3.05) is 14.1 Å². The summed E-state index contributed by atoms with van der Waals surface area (Å²) in [4.78, 5) is 13.7. The van der Waals surface area contributed by atoms with Crippen molar-refractivity contribution in [3.8, 4) is 11.6 Å². The number of furan rings is 1. The van der Waals surface area contributed by atoms with Gasteiger partial charge in [-0.3, -0.25) is 9.36 Å². The fraction of sp³-hybridized carbons (Fsp3) is 0.211. The summed E-state index contributed by atoms with van der Waals surface area (Å²) in [6, 6.07) is 11.3. The second-order valence-corrected chi connectivity index (χ2v) is 6.81. The van der Waals surface area contributed by atoms with Gasteiger partial charge < -0.3 is 9.32 Å². The van der Waals surface area contributed by atoms with Crippen LogP contribution in [0, 0.1) is 0 Å². The van der Waals surface area contributed by atoms with Crippen molar-refractivity contribution < 1.29 is 9.21 Å². The minimum absolute atomic E-state index is 0.00761. The lowest BCUT2D eigenvalue weighted by Crippen LogP contribution is -2.21. The molecule has 6 nitrogen and oxygen atoms in total. The predicted octanol–water partition coefficient (Wildman–Crippen LogP) is 3.72. The van der Waals surface area contributed by atoms with Crippen LogP contribution in [0.25, 0.3) is 11.6 Å². The summed E-state index contributed by atoms with van der Waals surface area (Å²) in [6.07, 6.45) is 3.42. The molecule has 0 bridgehead atoms. The Kier molecular flexibility index (Phi) is 5.58. The lowest BCUT2D eigenvalue weighted by molar-refractivity contribution is 0.0827. The van der Waals surface area contributed by atoms with E-state index in [2.05, 4.69) is 16.8 Å². The number of carbonyl (C=O) groups is 1. The molecule has 0 aliphatic carbocycles. The number of nitrogens with zero attached hydrogens (tertiary/aromatic N) is 4. The third kappa shape index (κ3) is 3.88. The van der Waals surface area contributed by atoms with Crippen molar-refractivity contribution in [1.82, 2.24) is 19.7 Å². The van der Waals surface area contributed by atoms with Crippen molar-refractivity contribution in [2.45, 2.75) is 17.5 Å². The number of hydrogen-bond donors (Lipinski definition) is 0. The van der Waals surface area contributed by atoms with Gasteiger partial charge in [-0.15, -0.1) is 16.8 Å². The lowest BCUT2D eigenvalue weighted by Gasteiger charge is -2.11. The van der Waals surface area contributed by atoms with E-state index in [0.717, 1.165) is 10.7 Å². The van der Waals surface area contributed by atoms with Crippen LogP contribution >= 0.6 is 11.8 Å². The van der Waals surface area contributed by atoms with E-state index in [-0.39, 0.29) is 5.91 Å². The van der Waals surface area contributed by atoms with Crippen LogP contribution in [0.4, 0.5) is 0 Å². The van der Waals surface area contributed by atoms with E-state index in [1.807, 2.05) is 41.0 Å². The molecule has 0 spiro atoms. The zero-order valence-electron chi connectivity index (χ0n) is 14.8. The van der Waals surface area contributed by atoms with Crippen LogP contribution in [-0.2, 0) is 12.3 Å². The summed E-state index contributed by atoms with van der Waals surface area (Å²) in [5.74, 6) is 2.02. The van der Waals surface area contributed by atoms with E-state index >= 15 is 0 Å². The predicted molar refractivity (Wildman–Crippen MR) is 102 cm³/mol. The molecule has 0 aliphatic heterocycles. The number of carbonyl (C=O) groups excluding carboxylic acids is 1. The maximum atomic E-state index is 12.1. The second-order valence-electron chi connectivity index (χ2n) is 5.87. The molecular weight excluding hydrogens is 348 g/mol. The molecule has 1 aromatic carbocycles. The van der Waals surface area contributed by atoms with E-state index in [1.165, 1.54) is 0 Å². The standard InChI is InChI=1S/C19H20N4O2S/c1-4-10-23-17(16-9-6-11-25-16)20-21-19(23)26-13-14-7-5-8-15(12-14)18(24)22(2)3/h4-9,11-12H,1,10,13H2,2-3H3. The first-order valence-corrected chi connectivity index (χ1v) is 9.10. The highest BCUT2D eigenvalue weighted by Crippen LogP contribution is 2.27. The number of amides is 1. The van der Waals surface area contributed by atoms with Crippen molar-refractivity contribution >= 4 is 17.7 Å². The topological polar surface area (TPSA) is 64.2 Å². The number of rotatable bonds is 7. The Labute approximate surface area is 156 Å². The molecule has 0 saturated carbocycles. The molecule has 2 heterocycles. The third-order valence-corrected chi connectivity index (χ3v) is 4.76. The van der Waals surface area contributed by atoms with E-state index in [9.17, 15) is 4.79 Å². The van der Waals surface area contributed by atoms with Gasteiger partial charge in [-0.1, -0.05) is 30.0 Å². The zero-order chi connectivity index (χ0) is 18.5. The minimum Gasteiger partial charge on any atom is -0.461 e. The summed E-state index contributed by atoms with van der Waals surface area (Å²) in [5.41, 5.74) is 1.73. The average molecular weight is 368 g/mol. The van der Waals surface area contributed by atoms with Crippen molar-refractivity contribution in [2.24, 2.45) is 0 Å². The molecule has 0 fully saturated rings. The highest BCUT2D eigenvalue weighted by atomic mass is 32.2. The monoisotopic (exact) mass is 368 g/mol. The van der Waals surface area contributed by atoms with E-state index < -0.39 is 0 Å². The van der Waals surface area contributed by atoms with Crippen LogP contribution in [0.1, 0.15) is 15.9 Å². The zero-order valence-corrected chi connectivity index (χ0v) is 15.6. The largest absolute Gasteiger partial charge is 0.461 e. The van der Waals surface area contributed by atoms with Gasteiger partial charge in [-0.25, -0.2) is 0 Å². The Morgan fingerprint density at radius 3 is 2.85 bits per heavy atom. The summed E-state index contributed by atoms with van der Waals surface area (Å²) in [6.45, 7) is 4.39. The fourth-order valence-electron chi connectivity index (χ4n) is 2.48. The molecule has 3 rings (SSSR count). The van der Waals surface area contributed by atoms with E-state index in [4.69, 9.17) is 4.42 Å². The molecule has 1 amide bonds. The molecule has 0 atom stereocenters. The Bertz CT molecular complexity index is 900. The molecule has 7 heteroatoms. The van der Waals surface area contributed by atoms with Crippen molar-refractivity contribution in [1.29, 1.82) is 0 Å². The van der Waals surface area contributed by atoms with Gasteiger partial charge in [0.15, 0.2) is 10.9 Å². The van der Waals surface area contributed by atoms with Crippen molar-refractivity contribution in [3.05, 3.63) is 66.4 Å². The molecule has 3 aromatic rings. The summed E-state index contributed by atoms with van der Waals surface area (Å²) >= 11 is 1.56. The van der Waals surface area contributed by atoms with E-state index in [1.54, 1.807) is 43.1 Å². The summed E-state index contributed by atoms with van der Waals surface area (Å²) < 4.78 is 7.40. The Morgan fingerprint density at radius 1 is 1.31 bits per heavy atom. The maximum Gasteiger partial charge on any atom is 0.253 e. The van der Waals surface area contributed by atoms with Crippen LogP contribution in [0.2, 0.25) is 0 Å². The van der Waals surface area contributed by atoms with Crippen LogP contribution in [0.5, 0.6) is 0 Å². The first-order chi connectivity index (χ1) is 12.6. The minimum atomic E-state index is -0.00761. The highest BCUT2D eigenvalue weighted by molar-refractivity contribution is 7.98. The van der Waals surface area contributed by atoms with Gasteiger partial charge in [-0.05, 0) is 29.8 Å². The molecule has 2 aromatic heterocycles. The van der Waals surface area contributed by atoms with E-state index in [0.29, 0.717) is 29.4 Å². The molecule has 134 valence electrons. The van der Waals surface area contributed by atoms with Gasteiger partial charge in [0.2, 0.25) is 5.82 Å². The maximum absolute atomic E-state index is 12.1. The highest BCUT2D eigenvalue weighted by Gasteiger charge is 2.16. The molecule has 0 aliphatic rings.